The van der Waals surface area contributed by atoms with Crippen LogP contribution in [0.4, 0.5) is 0 Å². The van der Waals surface area contributed by atoms with Crippen molar-refractivity contribution in [3.63, 3.8) is 0 Å². The molecule has 0 spiro atoms. The van der Waals surface area contributed by atoms with Crippen molar-refractivity contribution in [2.45, 2.75) is 6.92 Å². The van der Waals surface area contributed by atoms with Gasteiger partial charge in [-0.25, -0.2) is 9.97 Å². The molecule has 0 aliphatic heterocycles. The van der Waals surface area contributed by atoms with Gasteiger partial charge in [-0.05, 0) is 31.2 Å². The lowest BCUT2D eigenvalue weighted by Gasteiger charge is -2.05. The maximum atomic E-state index is 5.45. The van der Waals surface area contributed by atoms with E-state index in [4.69, 9.17) is 4.52 Å². The van der Waals surface area contributed by atoms with E-state index in [1.807, 2.05) is 72.3 Å². The molecule has 0 bridgehead atoms. The number of aryl methyl sites for hydroxylation is 1. The zero-order valence-corrected chi connectivity index (χ0v) is 14.9. The van der Waals surface area contributed by atoms with E-state index in [0.717, 1.165) is 22.6 Å². The highest BCUT2D eigenvalue weighted by Gasteiger charge is 2.16. The number of imidazole rings is 1. The van der Waals surface area contributed by atoms with Crippen LogP contribution in [0.3, 0.4) is 0 Å². The Bertz CT molecular complexity index is 1220. The molecule has 0 amide bonds. The fourth-order valence-electron chi connectivity index (χ4n) is 2.93. The molecule has 0 radical (unpaired) electrons. The Morgan fingerprint density at radius 2 is 1.68 bits per heavy atom. The zero-order chi connectivity index (χ0) is 18.9. The van der Waals surface area contributed by atoms with Gasteiger partial charge < -0.3 is 4.52 Å². The van der Waals surface area contributed by atoms with Gasteiger partial charge in [0.15, 0.2) is 5.82 Å². The standard InChI is InChI=1S/C20H15N7O/c1-13-22-17(25-24-13)15-7-9-16(10-8-15)27-12-11-21-19(27)20-23-18(26-28-20)14-5-3-2-4-6-14/h2-12H,1H3,(H,22,24,25). The Morgan fingerprint density at radius 3 is 2.43 bits per heavy atom. The van der Waals surface area contributed by atoms with E-state index in [0.29, 0.717) is 23.4 Å². The lowest BCUT2D eigenvalue weighted by molar-refractivity contribution is 0.429. The molecule has 1 N–H and O–H groups in total. The van der Waals surface area contributed by atoms with Crippen molar-refractivity contribution in [3.05, 3.63) is 72.8 Å². The van der Waals surface area contributed by atoms with Gasteiger partial charge in [-0.2, -0.15) is 10.1 Å². The second kappa shape index (κ2) is 6.58. The topological polar surface area (TPSA) is 98.3 Å². The summed E-state index contributed by atoms with van der Waals surface area (Å²) in [5.41, 5.74) is 2.74. The van der Waals surface area contributed by atoms with Gasteiger partial charge in [0.1, 0.15) is 5.82 Å². The van der Waals surface area contributed by atoms with E-state index in [1.165, 1.54) is 0 Å². The van der Waals surface area contributed by atoms with Crippen LogP contribution < -0.4 is 0 Å². The van der Waals surface area contributed by atoms with E-state index >= 15 is 0 Å². The van der Waals surface area contributed by atoms with Crippen molar-refractivity contribution < 1.29 is 4.52 Å². The molecule has 3 heterocycles. The summed E-state index contributed by atoms with van der Waals surface area (Å²) >= 11 is 0. The van der Waals surface area contributed by atoms with Crippen LogP contribution >= 0.6 is 0 Å². The molecule has 0 fully saturated rings. The monoisotopic (exact) mass is 369 g/mol. The first kappa shape index (κ1) is 16.1. The molecule has 5 aromatic rings. The number of hydrogen-bond acceptors (Lipinski definition) is 6. The minimum absolute atomic E-state index is 0.359. The van der Waals surface area contributed by atoms with E-state index in [-0.39, 0.29) is 0 Å². The Labute approximate surface area is 159 Å². The van der Waals surface area contributed by atoms with E-state index in [1.54, 1.807) is 6.20 Å². The molecule has 0 saturated heterocycles. The third kappa shape index (κ3) is 2.86. The smallest absolute Gasteiger partial charge is 0.294 e. The lowest BCUT2D eigenvalue weighted by atomic mass is 10.2. The van der Waals surface area contributed by atoms with E-state index < -0.39 is 0 Å². The largest absolute Gasteiger partial charge is 0.330 e. The highest BCUT2D eigenvalue weighted by molar-refractivity contribution is 5.60. The average Bonchev–Trinajstić information content (AvgIpc) is 3.49. The van der Waals surface area contributed by atoms with E-state index in [9.17, 15) is 0 Å². The van der Waals surface area contributed by atoms with Crippen LogP contribution in [0.1, 0.15) is 5.82 Å². The summed E-state index contributed by atoms with van der Waals surface area (Å²) in [6.07, 6.45) is 3.56. The van der Waals surface area contributed by atoms with Crippen LogP contribution in [0.2, 0.25) is 0 Å². The third-order valence-electron chi connectivity index (χ3n) is 4.29. The number of rotatable bonds is 4. The number of benzene rings is 2. The number of nitrogens with one attached hydrogen (secondary N) is 1. The van der Waals surface area contributed by atoms with Crippen LogP contribution in [0, 0.1) is 6.92 Å². The lowest BCUT2D eigenvalue weighted by Crippen LogP contribution is -1.96. The molecule has 0 atom stereocenters. The predicted molar refractivity (Wildman–Crippen MR) is 102 cm³/mol. The maximum absolute atomic E-state index is 5.45. The number of H-pyrrole nitrogens is 1. The summed E-state index contributed by atoms with van der Waals surface area (Å²) in [5, 5.41) is 11.1. The van der Waals surface area contributed by atoms with Crippen molar-refractivity contribution in [3.8, 4) is 40.2 Å². The van der Waals surface area contributed by atoms with Gasteiger partial charge in [-0.1, -0.05) is 35.5 Å². The molecule has 28 heavy (non-hydrogen) atoms. The molecule has 5 rings (SSSR count). The minimum Gasteiger partial charge on any atom is -0.330 e. The van der Waals surface area contributed by atoms with Gasteiger partial charge in [0.25, 0.3) is 5.89 Å². The fourth-order valence-corrected chi connectivity index (χ4v) is 2.93. The van der Waals surface area contributed by atoms with Crippen LogP contribution in [-0.4, -0.2) is 34.9 Å². The first-order valence-electron chi connectivity index (χ1n) is 8.70. The van der Waals surface area contributed by atoms with Crippen molar-refractivity contribution in [1.82, 2.24) is 34.9 Å². The Balaban J connectivity index is 1.47. The maximum Gasteiger partial charge on any atom is 0.294 e. The second-order valence-corrected chi connectivity index (χ2v) is 6.20. The van der Waals surface area contributed by atoms with Gasteiger partial charge in [0.2, 0.25) is 11.6 Å². The van der Waals surface area contributed by atoms with Gasteiger partial charge in [-0.15, -0.1) is 0 Å². The van der Waals surface area contributed by atoms with Gasteiger partial charge >= 0.3 is 0 Å². The molecule has 8 heteroatoms. The van der Waals surface area contributed by atoms with Crippen LogP contribution in [0.15, 0.2) is 71.5 Å². The zero-order valence-electron chi connectivity index (χ0n) is 14.9. The summed E-state index contributed by atoms with van der Waals surface area (Å²) < 4.78 is 7.35. The number of aromatic amines is 1. The van der Waals surface area contributed by atoms with Crippen molar-refractivity contribution >= 4 is 0 Å². The SMILES string of the molecule is Cc1nc(-c2ccc(-n3ccnc3-c3nc(-c4ccccc4)no3)cc2)n[nH]1. The number of hydrogen-bond donors (Lipinski definition) is 1. The van der Waals surface area contributed by atoms with Crippen molar-refractivity contribution in [2.75, 3.05) is 0 Å². The number of aromatic nitrogens is 7. The molecule has 8 nitrogen and oxygen atoms in total. The normalized spacial score (nSPS) is 11.0. The van der Waals surface area contributed by atoms with Gasteiger partial charge in [0.05, 0.1) is 0 Å². The first-order chi connectivity index (χ1) is 13.8. The van der Waals surface area contributed by atoms with Crippen LogP contribution in [0.25, 0.3) is 40.2 Å². The van der Waals surface area contributed by atoms with Gasteiger partial charge in [0, 0.05) is 29.2 Å². The minimum atomic E-state index is 0.359. The molecule has 0 saturated carbocycles. The van der Waals surface area contributed by atoms with Crippen LogP contribution in [0.5, 0.6) is 0 Å². The Kier molecular flexibility index (Phi) is 3.79. The average molecular weight is 369 g/mol. The molecule has 136 valence electrons. The Hall–Kier alpha value is -4.07. The molecule has 0 aliphatic rings. The summed E-state index contributed by atoms with van der Waals surface area (Å²) in [4.78, 5) is 13.2. The molecule has 0 aliphatic carbocycles. The predicted octanol–water partition coefficient (Wildman–Crippen LogP) is 3.68. The van der Waals surface area contributed by atoms with Crippen molar-refractivity contribution in [1.29, 1.82) is 0 Å². The Morgan fingerprint density at radius 1 is 0.893 bits per heavy atom. The molecule has 2 aromatic carbocycles. The fraction of sp³-hybridized carbons (Fsp3) is 0.0500. The first-order valence-corrected chi connectivity index (χ1v) is 8.70. The molecule has 0 unspecified atom stereocenters. The van der Waals surface area contributed by atoms with Crippen LogP contribution in [-0.2, 0) is 0 Å². The van der Waals surface area contributed by atoms with Crippen molar-refractivity contribution in [2.24, 2.45) is 0 Å². The van der Waals surface area contributed by atoms with Gasteiger partial charge in [-0.3, -0.25) is 9.67 Å². The third-order valence-corrected chi connectivity index (χ3v) is 4.29. The molecule has 3 aromatic heterocycles. The summed E-state index contributed by atoms with van der Waals surface area (Å²) in [7, 11) is 0. The highest BCUT2D eigenvalue weighted by Crippen LogP contribution is 2.24. The quantitative estimate of drug-likeness (QED) is 0.519. The summed E-state index contributed by atoms with van der Waals surface area (Å²) in [5.74, 6) is 2.91. The second-order valence-electron chi connectivity index (χ2n) is 6.20. The number of nitrogens with zero attached hydrogens (tertiary/aromatic N) is 6. The molecular weight excluding hydrogens is 354 g/mol. The summed E-state index contributed by atoms with van der Waals surface area (Å²) in [6.45, 7) is 1.87. The molecular formula is C20H15N7O. The summed E-state index contributed by atoms with van der Waals surface area (Å²) in [6, 6.07) is 17.6. The highest BCUT2D eigenvalue weighted by atomic mass is 16.5. The van der Waals surface area contributed by atoms with E-state index in [2.05, 4.69) is 30.3 Å².